The number of aryl methyl sites for hydroxylation is 1. The van der Waals surface area contributed by atoms with Crippen molar-refractivity contribution < 1.29 is 23.8 Å². The van der Waals surface area contributed by atoms with E-state index in [9.17, 15) is 9.59 Å². The number of carbonyl (C=O) groups excluding carboxylic acids is 2. The molecule has 0 aliphatic carbocycles. The maximum absolute atomic E-state index is 12.5. The highest BCUT2D eigenvalue weighted by Gasteiger charge is 2.51. The first-order valence-electron chi connectivity index (χ1n) is 10.5. The van der Waals surface area contributed by atoms with Crippen LogP contribution in [0.15, 0.2) is 24.3 Å². The molecule has 3 aliphatic rings. The van der Waals surface area contributed by atoms with E-state index in [2.05, 4.69) is 0 Å². The van der Waals surface area contributed by atoms with Crippen LogP contribution < -0.4 is 4.74 Å². The molecule has 1 aromatic carbocycles. The second kappa shape index (κ2) is 8.71. The average molecular weight is 402 g/mol. The van der Waals surface area contributed by atoms with E-state index in [1.54, 1.807) is 7.11 Å². The number of benzene rings is 1. The van der Waals surface area contributed by atoms with Crippen molar-refractivity contribution in [1.29, 1.82) is 0 Å². The Balaban J connectivity index is 1.18. The Kier molecular flexibility index (Phi) is 6.06. The molecule has 1 atom stereocenters. The molecule has 2 amide bonds. The molecule has 0 radical (unpaired) electrons. The van der Waals surface area contributed by atoms with E-state index in [0.717, 1.165) is 24.2 Å². The summed E-state index contributed by atoms with van der Waals surface area (Å²) < 4.78 is 16.5. The van der Waals surface area contributed by atoms with Gasteiger partial charge in [-0.2, -0.15) is 0 Å². The molecular weight excluding hydrogens is 372 g/mol. The third-order valence-corrected chi connectivity index (χ3v) is 6.21. The van der Waals surface area contributed by atoms with E-state index in [1.165, 1.54) is 0 Å². The number of methoxy groups -OCH3 is 1. The molecule has 1 spiro atoms. The fraction of sp³-hybridized carbons (Fsp3) is 0.636. The number of carbonyl (C=O) groups is 2. The van der Waals surface area contributed by atoms with Gasteiger partial charge >= 0.3 is 0 Å². The number of hydrogen-bond acceptors (Lipinski definition) is 5. The van der Waals surface area contributed by atoms with Gasteiger partial charge in [-0.15, -0.1) is 0 Å². The number of rotatable bonds is 6. The van der Waals surface area contributed by atoms with Crippen LogP contribution in [0.25, 0.3) is 0 Å². The molecule has 29 heavy (non-hydrogen) atoms. The van der Waals surface area contributed by atoms with E-state index in [1.807, 2.05) is 34.1 Å². The number of amides is 2. The Hall–Kier alpha value is -2.12. The van der Waals surface area contributed by atoms with Gasteiger partial charge in [-0.3, -0.25) is 9.59 Å². The lowest BCUT2D eigenvalue weighted by molar-refractivity contribution is -0.157. The van der Waals surface area contributed by atoms with Crippen LogP contribution in [0, 0.1) is 5.92 Å². The molecule has 3 fully saturated rings. The van der Waals surface area contributed by atoms with Gasteiger partial charge in [0.15, 0.2) is 0 Å². The molecular formula is C22H30N2O5. The summed E-state index contributed by atoms with van der Waals surface area (Å²) in [5.74, 6) is 1.44. The molecule has 4 rings (SSSR count). The molecule has 7 nitrogen and oxygen atoms in total. The summed E-state index contributed by atoms with van der Waals surface area (Å²) in [6, 6.07) is 7.84. The molecule has 1 unspecified atom stereocenters. The summed E-state index contributed by atoms with van der Waals surface area (Å²) in [6.45, 7) is 4.55. The van der Waals surface area contributed by atoms with E-state index in [4.69, 9.17) is 14.2 Å². The molecule has 1 aromatic rings. The molecule has 3 saturated heterocycles. The van der Waals surface area contributed by atoms with Crippen molar-refractivity contribution in [1.82, 2.24) is 9.80 Å². The Bertz CT molecular complexity index is 723. The molecule has 0 bridgehead atoms. The van der Waals surface area contributed by atoms with Crippen LogP contribution in [0.2, 0.25) is 0 Å². The fourth-order valence-electron chi connectivity index (χ4n) is 4.51. The van der Waals surface area contributed by atoms with Crippen molar-refractivity contribution in [3.63, 3.8) is 0 Å². The third kappa shape index (κ3) is 4.73. The van der Waals surface area contributed by atoms with Crippen LogP contribution in [0.1, 0.15) is 24.8 Å². The molecule has 3 heterocycles. The molecule has 7 heteroatoms. The molecule has 0 aromatic heterocycles. The quantitative estimate of drug-likeness (QED) is 0.721. The molecule has 3 aliphatic heterocycles. The largest absolute Gasteiger partial charge is 0.497 e. The smallest absolute Gasteiger partial charge is 0.223 e. The first kappa shape index (κ1) is 20.2. The predicted octanol–water partition coefficient (Wildman–Crippen LogP) is 1.49. The van der Waals surface area contributed by atoms with Crippen LogP contribution in [0.5, 0.6) is 5.75 Å². The zero-order valence-electron chi connectivity index (χ0n) is 17.1. The van der Waals surface area contributed by atoms with Crippen molar-refractivity contribution >= 4 is 11.8 Å². The van der Waals surface area contributed by atoms with Crippen molar-refractivity contribution in [3.05, 3.63) is 29.8 Å². The number of likely N-dealkylation sites (tertiary alicyclic amines) is 1. The Morgan fingerprint density at radius 1 is 1.10 bits per heavy atom. The standard InChI is InChI=1S/C22H30N2O5/c1-27-19-5-2-17(3-6-19)4-7-20(25)24-15-22(16-24)13-18(14-29-22)12-21(26)23-8-10-28-11-9-23/h2-3,5-6,18H,4,7-16H2,1H3. The summed E-state index contributed by atoms with van der Waals surface area (Å²) >= 11 is 0. The van der Waals surface area contributed by atoms with Crippen LogP contribution >= 0.6 is 0 Å². The summed E-state index contributed by atoms with van der Waals surface area (Å²) in [6.07, 6.45) is 2.63. The zero-order chi connectivity index (χ0) is 20.3. The SMILES string of the molecule is COc1ccc(CCC(=O)N2CC3(CC(CC(=O)N4CCOCC4)CO3)C2)cc1. The van der Waals surface area contributed by atoms with Gasteiger partial charge in [0.25, 0.3) is 0 Å². The van der Waals surface area contributed by atoms with Crippen molar-refractivity contribution in [3.8, 4) is 5.75 Å². The Morgan fingerprint density at radius 3 is 2.52 bits per heavy atom. The second-order valence-electron chi connectivity index (χ2n) is 8.36. The van der Waals surface area contributed by atoms with Crippen LogP contribution in [-0.4, -0.2) is 80.3 Å². The van der Waals surface area contributed by atoms with Gasteiger partial charge in [0.2, 0.25) is 11.8 Å². The topological polar surface area (TPSA) is 68.3 Å². The normalized spacial score (nSPS) is 23.1. The van der Waals surface area contributed by atoms with Gasteiger partial charge in [0, 0.05) is 25.9 Å². The lowest BCUT2D eigenvalue weighted by Gasteiger charge is -2.47. The van der Waals surface area contributed by atoms with Gasteiger partial charge in [0.1, 0.15) is 11.4 Å². The van der Waals surface area contributed by atoms with E-state index >= 15 is 0 Å². The predicted molar refractivity (Wildman–Crippen MR) is 107 cm³/mol. The molecule has 0 saturated carbocycles. The number of nitrogens with zero attached hydrogens (tertiary/aromatic N) is 2. The summed E-state index contributed by atoms with van der Waals surface area (Å²) in [7, 11) is 1.65. The van der Waals surface area contributed by atoms with Crippen molar-refractivity contribution in [2.24, 2.45) is 5.92 Å². The monoisotopic (exact) mass is 402 g/mol. The second-order valence-corrected chi connectivity index (χ2v) is 8.36. The first-order valence-corrected chi connectivity index (χ1v) is 10.5. The first-order chi connectivity index (χ1) is 14.1. The Morgan fingerprint density at radius 2 is 1.83 bits per heavy atom. The molecule has 0 N–H and O–H groups in total. The van der Waals surface area contributed by atoms with E-state index < -0.39 is 0 Å². The zero-order valence-corrected chi connectivity index (χ0v) is 17.1. The minimum Gasteiger partial charge on any atom is -0.497 e. The van der Waals surface area contributed by atoms with Gasteiger partial charge in [-0.25, -0.2) is 0 Å². The fourth-order valence-corrected chi connectivity index (χ4v) is 4.51. The van der Waals surface area contributed by atoms with Crippen LogP contribution in [0.3, 0.4) is 0 Å². The highest BCUT2D eigenvalue weighted by atomic mass is 16.5. The number of morpholine rings is 1. The highest BCUT2D eigenvalue weighted by molar-refractivity contribution is 5.78. The summed E-state index contributed by atoms with van der Waals surface area (Å²) in [4.78, 5) is 28.7. The minimum absolute atomic E-state index is 0.169. The third-order valence-electron chi connectivity index (χ3n) is 6.21. The van der Waals surface area contributed by atoms with E-state index in [-0.39, 0.29) is 23.3 Å². The maximum Gasteiger partial charge on any atom is 0.223 e. The lowest BCUT2D eigenvalue weighted by Crippen LogP contribution is -2.63. The number of hydrogen-bond donors (Lipinski definition) is 0. The summed E-state index contributed by atoms with van der Waals surface area (Å²) in [5, 5.41) is 0. The minimum atomic E-state index is -0.230. The number of ether oxygens (including phenoxy) is 3. The Labute approximate surface area is 171 Å². The van der Waals surface area contributed by atoms with Gasteiger partial charge in [-0.1, -0.05) is 12.1 Å². The van der Waals surface area contributed by atoms with E-state index in [0.29, 0.717) is 58.8 Å². The summed E-state index contributed by atoms with van der Waals surface area (Å²) in [5.41, 5.74) is 0.902. The van der Waals surface area contributed by atoms with Crippen molar-refractivity contribution in [2.75, 3.05) is 53.1 Å². The lowest BCUT2D eigenvalue weighted by atomic mass is 9.85. The van der Waals surface area contributed by atoms with Gasteiger partial charge < -0.3 is 24.0 Å². The van der Waals surface area contributed by atoms with Gasteiger partial charge in [-0.05, 0) is 36.5 Å². The van der Waals surface area contributed by atoms with Gasteiger partial charge in [0.05, 0.1) is 40.0 Å². The van der Waals surface area contributed by atoms with Crippen LogP contribution in [0.4, 0.5) is 0 Å². The average Bonchev–Trinajstić information content (AvgIpc) is 3.16. The molecule has 158 valence electrons. The van der Waals surface area contributed by atoms with Crippen molar-refractivity contribution in [2.45, 2.75) is 31.3 Å². The maximum atomic E-state index is 12.5. The van der Waals surface area contributed by atoms with Crippen LogP contribution in [-0.2, 0) is 25.5 Å². The highest BCUT2D eigenvalue weighted by Crippen LogP contribution is 2.39.